The van der Waals surface area contributed by atoms with Crippen molar-refractivity contribution in [2.45, 2.75) is 67.4 Å². The second kappa shape index (κ2) is 7.19. The second-order valence-corrected chi connectivity index (χ2v) is 12.4. The number of nitrogens with one attached hydrogen (secondary N) is 1. The van der Waals surface area contributed by atoms with Crippen molar-refractivity contribution >= 4 is 27.5 Å². The standard InChI is InChI=1S/C22H29ClN2O4S/c23-18-5-1-2-6-19(18)30(28,29)25-7-3-4-17(13-25)20(26)24-21-9-15-8-16(10-21)12-22(27,11-15)14-21/h1-2,5-6,15-17,27H,3-4,7-14H2,(H,24,26). The Labute approximate surface area is 183 Å². The van der Waals surface area contributed by atoms with Crippen LogP contribution in [0.4, 0.5) is 0 Å². The molecule has 1 aromatic carbocycles. The van der Waals surface area contributed by atoms with Gasteiger partial charge in [0.25, 0.3) is 0 Å². The predicted octanol–water partition coefficient (Wildman–Crippen LogP) is 2.94. The summed E-state index contributed by atoms with van der Waals surface area (Å²) in [7, 11) is -3.74. The third-order valence-electron chi connectivity index (χ3n) is 7.63. The monoisotopic (exact) mass is 452 g/mol. The van der Waals surface area contributed by atoms with E-state index in [-0.39, 0.29) is 33.8 Å². The van der Waals surface area contributed by atoms with E-state index in [1.807, 2.05) is 0 Å². The van der Waals surface area contributed by atoms with Crippen molar-refractivity contribution in [3.8, 4) is 0 Å². The summed E-state index contributed by atoms with van der Waals surface area (Å²) in [6, 6.07) is 6.44. The Bertz CT molecular complexity index is 952. The molecule has 1 aliphatic heterocycles. The molecule has 4 aliphatic carbocycles. The lowest BCUT2D eigenvalue weighted by molar-refractivity contribution is -0.153. The zero-order chi connectivity index (χ0) is 21.1. The molecule has 3 unspecified atom stereocenters. The number of sulfonamides is 1. The van der Waals surface area contributed by atoms with Crippen LogP contribution in [0, 0.1) is 17.8 Å². The Morgan fingerprint density at radius 1 is 1.17 bits per heavy atom. The molecule has 8 heteroatoms. The minimum Gasteiger partial charge on any atom is -0.390 e. The van der Waals surface area contributed by atoms with Gasteiger partial charge in [0.1, 0.15) is 4.90 Å². The van der Waals surface area contributed by atoms with Gasteiger partial charge in [-0.15, -0.1) is 0 Å². The summed E-state index contributed by atoms with van der Waals surface area (Å²) in [4.78, 5) is 13.3. The number of rotatable bonds is 4. The Kier molecular flexibility index (Phi) is 4.97. The number of nitrogens with zero attached hydrogens (tertiary/aromatic N) is 1. The van der Waals surface area contributed by atoms with E-state index < -0.39 is 15.6 Å². The first-order valence-corrected chi connectivity index (χ1v) is 12.8. The lowest BCUT2D eigenvalue weighted by Gasteiger charge is -2.60. The number of hydrogen-bond acceptors (Lipinski definition) is 4. The summed E-state index contributed by atoms with van der Waals surface area (Å²) in [6.07, 6.45) is 6.69. The zero-order valence-electron chi connectivity index (χ0n) is 17.0. The maximum Gasteiger partial charge on any atom is 0.244 e. The molecule has 164 valence electrons. The van der Waals surface area contributed by atoms with Crippen LogP contribution in [0.1, 0.15) is 51.4 Å². The number of carbonyl (C=O) groups excluding carboxylic acids is 1. The minimum atomic E-state index is -3.74. The van der Waals surface area contributed by atoms with Gasteiger partial charge in [0.2, 0.25) is 15.9 Å². The number of halogens is 1. The molecule has 1 aromatic rings. The molecule has 0 aromatic heterocycles. The molecular formula is C22H29ClN2O4S. The molecule has 5 aliphatic rings. The normalized spacial score (nSPS) is 38.5. The molecule has 3 atom stereocenters. The van der Waals surface area contributed by atoms with Crippen molar-refractivity contribution in [2.75, 3.05) is 13.1 Å². The number of carbonyl (C=O) groups is 1. The summed E-state index contributed by atoms with van der Waals surface area (Å²) >= 11 is 6.13. The van der Waals surface area contributed by atoms with E-state index in [1.165, 1.54) is 10.4 Å². The van der Waals surface area contributed by atoms with Crippen LogP contribution in [0.2, 0.25) is 5.02 Å². The number of aliphatic hydroxyl groups is 1. The van der Waals surface area contributed by atoms with Crippen LogP contribution in [0.15, 0.2) is 29.2 Å². The Morgan fingerprint density at radius 3 is 2.53 bits per heavy atom. The summed E-state index contributed by atoms with van der Waals surface area (Å²) in [5.41, 5.74) is -0.955. The third-order valence-corrected chi connectivity index (χ3v) is 9.99. The van der Waals surface area contributed by atoms with Crippen molar-refractivity contribution in [1.82, 2.24) is 9.62 Å². The average molecular weight is 453 g/mol. The summed E-state index contributed by atoms with van der Waals surface area (Å²) in [6.45, 7) is 0.568. The zero-order valence-corrected chi connectivity index (χ0v) is 18.6. The molecule has 0 radical (unpaired) electrons. The maximum atomic E-state index is 13.2. The highest BCUT2D eigenvalue weighted by molar-refractivity contribution is 7.89. The van der Waals surface area contributed by atoms with E-state index in [0.29, 0.717) is 37.6 Å². The molecule has 1 saturated heterocycles. The maximum absolute atomic E-state index is 13.2. The fraction of sp³-hybridized carbons (Fsp3) is 0.682. The minimum absolute atomic E-state index is 0.0698. The molecule has 1 heterocycles. The lowest BCUT2D eigenvalue weighted by atomic mass is 9.51. The van der Waals surface area contributed by atoms with Gasteiger partial charge in [-0.25, -0.2) is 8.42 Å². The second-order valence-electron chi connectivity index (χ2n) is 10.1. The highest BCUT2D eigenvalue weighted by Crippen LogP contribution is 2.57. The molecule has 0 spiro atoms. The fourth-order valence-corrected chi connectivity index (χ4v) is 8.91. The van der Waals surface area contributed by atoms with Crippen LogP contribution in [-0.4, -0.2) is 48.0 Å². The predicted molar refractivity (Wildman–Crippen MR) is 113 cm³/mol. The van der Waals surface area contributed by atoms with Gasteiger partial charge in [-0.2, -0.15) is 4.31 Å². The summed E-state index contributed by atoms with van der Waals surface area (Å²) in [5.74, 6) is 0.526. The molecule has 4 bridgehead atoms. The van der Waals surface area contributed by atoms with E-state index in [2.05, 4.69) is 5.32 Å². The molecule has 30 heavy (non-hydrogen) atoms. The van der Waals surface area contributed by atoms with Gasteiger partial charge >= 0.3 is 0 Å². The first kappa shape index (κ1) is 20.7. The first-order chi connectivity index (χ1) is 14.2. The summed E-state index contributed by atoms with van der Waals surface area (Å²) < 4.78 is 27.6. The molecule has 6 nitrogen and oxygen atoms in total. The number of benzene rings is 1. The number of piperidine rings is 1. The van der Waals surface area contributed by atoms with E-state index in [1.54, 1.807) is 18.2 Å². The molecule has 6 rings (SSSR count). The Hall–Kier alpha value is -1.15. The highest BCUT2D eigenvalue weighted by Gasteiger charge is 2.58. The molecule has 1 amide bonds. The molecular weight excluding hydrogens is 424 g/mol. The van der Waals surface area contributed by atoms with Crippen LogP contribution >= 0.6 is 11.6 Å². The van der Waals surface area contributed by atoms with Gasteiger partial charge in [0.05, 0.1) is 16.5 Å². The molecule has 5 fully saturated rings. The van der Waals surface area contributed by atoms with Crippen LogP contribution in [-0.2, 0) is 14.8 Å². The number of amides is 1. The Balaban J connectivity index is 1.31. The van der Waals surface area contributed by atoms with Crippen molar-refractivity contribution < 1.29 is 18.3 Å². The smallest absolute Gasteiger partial charge is 0.244 e. The van der Waals surface area contributed by atoms with Gasteiger partial charge in [-0.3, -0.25) is 4.79 Å². The van der Waals surface area contributed by atoms with E-state index in [9.17, 15) is 18.3 Å². The SMILES string of the molecule is O=C(NC12CC3CC(CC(O)(C3)C1)C2)C1CCCN(S(=O)(=O)c2ccccc2Cl)C1. The van der Waals surface area contributed by atoms with Crippen LogP contribution in [0.3, 0.4) is 0 Å². The van der Waals surface area contributed by atoms with Crippen molar-refractivity contribution in [3.63, 3.8) is 0 Å². The van der Waals surface area contributed by atoms with Crippen LogP contribution in [0.5, 0.6) is 0 Å². The Morgan fingerprint density at radius 2 is 1.87 bits per heavy atom. The van der Waals surface area contributed by atoms with Gasteiger partial charge in [-0.05, 0) is 75.3 Å². The van der Waals surface area contributed by atoms with Crippen LogP contribution < -0.4 is 5.32 Å². The topological polar surface area (TPSA) is 86.7 Å². The van der Waals surface area contributed by atoms with Crippen molar-refractivity contribution in [2.24, 2.45) is 17.8 Å². The molecule has 2 N–H and O–H groups in total. The van der Waals surface area contributed by atoms with Gasteiger partial charge < -0.3 is 10.4 Å². The quantitative estimate of drug-likeness (QED) is 0.735. The summed E-state index contributed by atoms with van der Waals surface area (Å²) in [5, 5.41) is 14.4. The molecule has 4 saturated carbocycles. The average Bonchev–Trinajstić information content (AvgIpc) is 2.66. The first-order valence-electron chi connectivity index (χ1n) is 11.0. The highest BCUT2D eigenvalue weighted by atomic mass is 35.5. The van der Waals surface area contributed by atoms with Crippen LogP contribution in [0.25, 0.3) is 0 Å². The van der Waals surface area contributed by atoms with E-state index in [4.69, 9.17) is 11.6 Å². The largest absolute Gasteiger partial charge is 0.390 e. The van der Waals surface area contributed by atoms with Gasteiger partial charge in [0.15, 0.2) is 0 Å². The lowest BCUT2D eigenvalue weighted by Crippen LogP contribution is -2.66. The van der Waals surface area contributed by atoms with Crippen molar-refractivity contribution in [1.29, 1.82) is 0 Å². The van der Waals surface area contributed by atoms with E-state index in [0.717, 1.165) is 32.1 Å². The van der Waals surface area contributed by atoms with E-state index >= 15 is 0 Å². The van der Waals surface area contributed by atoms with Gasteiger partial charge in [-0.1, -0.05) is 23.7 Å². The fourth-order valence-electron chi connectivity index (χ4n) is 6.89. The van der Waals surface area contributed by atoms with Gasteiger partial charge in [0, 0.05) is 18.6 Å². The van der Waals surface area contributed by atoms with Crippen molar-refractivity contribution in [3.05, 3.63) is 29.3 Å². The number of hydrogen-bond donors (Lipinski definition) is 2. The third kappa shape index (κ3) is 3.57.